The van der Waals surface area contributed by atoms with Crippen molar-refractivity contribution < 1.29 is 63.0 Å². The van der Waals surface area contributed by atoms with Crippen LogP contribution >= 0.6 is 0 Å². The number of nitrogens with zero attached hydrogens (tertiary/aromatic N) is 2. The Morgan fingerprint density at radius 1 is 0.754 bits per heavy atom. The third kappa shape index (κ3) is 9.09. The van der Waals surface area contributed by atoms with Crippen LogP contribution in [0.15, 0.2) is 65.6 Å². The van der Waals surface area contributed by atoms with Crippen LogP contribution in [0.3, 0.4) is 0 Å². The highest BCUT2D eigenvalue weighted by Gasteiger charge is 2.40. The molecule has 2 fully saturated rings. The Labute approximate surface area is 322 Å². The van der Waals surface area contributed by atoms with Gasteiger partial charge in [-0.15, -0.1) is 0 Å². The number of carbonyl (C=O) groups is 2. The van der Waals surface area contributed by atoms with Crippen molar-refractivity contribution in [2.45, 2.75) is 88.1 Å². The molecule has 1 N–H and O–H groups in total. The minimum absolute atomic E-state index is 0.0332. The molecule has 2 saturated carbocycles. The first kappa shape index (κ1) is 41.6. The van der Waals surface area contributed by atoms with Crippen LogP contribution in [-0.4, -0.2) is 42.4 Å². The van der Waals surface area contributed by atoms with E-state index < -0.39 is 80.7 Å². The molecule has 0 saturated heterocycles. The monoisotopic (exact) mass is 824 g/mol. The van der Waals surface area contributed by atoms with E-state index in [0.29, 0.717) is 30.5 Å². The zero-order valence-electron chi connectivity index (χ0n) is 30.7. The SMILES string of the molecule is CC(C)(C)c1cc(CN(C(=O)CN(Cc2ccc(C(F)(F)F)cc2)S(=O)(=O)c2c(F)c(F)c(F)c(F)c2F)c2ccc(C(=O)O)cc2OC2CC2)cc(C2CC2)c1. The second-order valence-electron chi connectivity index (χ2n) is 15.1. The number of benzene rings is 4. The number of hydrogen-bond acceptors (Lipinski definition) is 5. The number of carboxylic acid groups (broad SMARTS) is 1. The molecule has 0 bridgehead atoms. The van der Waals surface area contributed by atoms with Gasteiger partial charge < -0.3 is 14.7 Å². The summed E-state index contributed by atoms with van der Waals surface area (Å²) >= 11 is 0. The number of alkyl halides is 3. The smallest absolute Gasteiger partial charge is 0.416 e. The lowest BCUT2D eigenvalue weighted by Gasteiger charge is -2.30. The van der Waals surface area contributed by atoms with Gasteiger partial charge in [-0.25, -0.2) is 35.2 Å². The van der Waals surface area contributed by atoms with Crippen LogP contribution in [0.5, 0.6) is 5.75 Å². The fourth-order valence-corrected chi connectivity index (χ4v) is 7.61. The number of amides is 1. The number of ether oxygens (including phenoxy) is 1. The first-order chi connectivity index (χ1) is 26.6. The van der Waals surface area contributed by atoms with Crippen LogP contribution in [0, 0.1) is 29.1 Å². The predicted molar refractivity (Wildman–Crippen MR) is 191 cm³/mol. The van der Waals surface area contributed by atoms with Gasteiger partial charge in [0.05, 0.1) is 36.0 Å². The number of anilines is 1. The van der Waals surface area contributed by atoms with E-state index in [1.807, 2.05) is 39.0 Å². The van der Waals surface area contributed by atoms with Crippen molar-refractivity contribution in [2.24, 2.45) is 0 Å². The van der Waals surface area contributed by atoms with Crippen LogP contribution in [0.1, 0.15) is 90.5 Å². The van der Waals surface area contributed by atoms with E-state index in [9.17, 15) is 49.5 Å². The van der Waals surface area contributed by atoms with Crippen molar-refractivity contribution >= 4 is 27.6 Å². The summed E-state index contributed by atoms with van der Waals surface area (Å²) in [5.74, 6) is -15.5. The van der Waals surface area contributed by atoms with Crippen LogP contribution in [0.25, 0.3) is 0 Å². The van der Waals surface area contributed by atoms with E-state index in [1.54, 1.807) is 0 Å². The number of aromatic carboxylic acids is 1. The molecule has 4 aromatic rings. The molecule has 0 heterocycles. The van der Waals surface area contributed by atoms with Crippen molar-refractivity contribution in [3.8, 4) is 5.75 Å². The van der Waals surface area contributed by atoms with Crippen LogP contribution in [0.4, 0.5) is 40.8 Å². The maximum atomic E-state index is 15.1. The van der Waals surface area contributed by atoms with Gasteiger partial charge in [-0.05, 0) is 89.6 Å². The summed E-state index contributed by atoms with van der Waals surface area (Å²) in [6, 6.07) is 12.1. The van der Waals surface area contributed by atoms with Crippen molar-refractivity contribution in [1.82, 2.24) is 4.31 Å². The van der Waals surface area contributed by atoms with E-state index >= 15 is 8.78 Å². The second-order valence-corrected chi connectivity index (χ2v) is 17.0. The minimum atomic E-state index is -5.86. The molecule has 0 radical (unpaired) electrons. The zero-order chi connectivity index (χ0) is 41.8. The van der Waals surface area contributed by atoms with Gasteiger partial charge >= 0.3 is 12.1 Å². The number of sulfonamides is 1. The Hall–Kier alpha value is -5.03. The van der Waals surface area contributed by atoms with Crippen LogP contribution < -0.4 is 9.64 Å². The lowest BCUT2D eigenvalue weighted by molar-refractivity contribution is -0.137. The second kappa shape index (κ2) is 15.4. The van der Waals surface area contributed by atoms with Gasteiger partial charge in [0.25, 0.3) is 0 Å². The quantitative estimate of drug-likeness (QED) is 0.0820. The van der Waals surface area contributed by atoms with Crippen molar-refractivity contribution in [3.63, 3.8) is 0 Å². The van der Waals surface area contributed by atoms with Gasteiger partial charge in [0.1, 0.15) is 5.75 Å². The Morgan fingerprint density at radius 2 is 1.35 bits per heavy atom. The summed E-state index contributed by atoms with van der Waals surface area (Å²) < 4.78 is 147. The maximum absolute atomic E-state index is 15.1. The van der Waals surface area contributed by atoms with Crippen molar-refractivity contribution in [2.75, 3.05) is 11.4 Å². The molecular formula is C40H36F8N2O6S. The van der Waals surface area contributed by atoms with E-state index in [4.69, 9.17) is 4.74 Å². The van der Waals surface area contributed by atoms with Crippen LogP contribution in [-0.2, 0) is 39.5 Å². The number of rotatable bonds is 13. The molecule has 0 spiro atoms. The number of halogens is 8. The number of carboxylic acids is 1. The van der Waals surface area contributed by atoms with Gasteiger partial charge in [0.15, 0.2) is 28.2 Å². The molecule has 57 heavy (non-hydrogen) atoms. The summed E-state index contributed by atoms with van der Waals surface area (Å²) in [5, 5.41) is 9.74. The standard InChI is InChI=1S/C40H36F8N2O6S/c1-39(2,3)27-15-22(14-25(16-27)23-6-7-23)19-50(29-13-8-24(38(52)53)17-30(29)56-28-11-12-28)31(51)20-49(18-21-4-9-26(10-5-21)40(46,47)48)57(54,55)37-35(44)33(42)32(41)34(43)36(37)45/h4-5,8-10,13-17,23,28H,6-7,11-12,18-20H2,1-3H3,(H,52,53). The maximum Gasteiger partial charge on any atom is 0.416 e. The summed E-state index contributed by atoms with van der Waals surface area (Å²) in [6.45, 7) is 3.21. The third-order valence-corrected chi connectivity index (χ3v) is 11.4. The Kier molecular flexibility index (Phi) is 11.2. The van der Waals surface area contributed by atoms with Crippen molar-refractivity contribution in [3.05, 3.63) is 123 Å². The molecular weight excluding hydrogens is 788 g/mol. The van der Waals surface area contributed by atoms with E-state index in [0.717, 1.165) is 41.0 Å². The Morgan fingerprint density at radius 3 is 1.88 bits per heavy atom. The molecule has 2 aliphatic rings. The largest absolute Gasteiger partial charge is 0.488 e. The minimum Gasteiger partial charge on any atom is -0.488 e. The van der Waals surface area contributed by atoms with E-state index in [1.165, 1.54) is 18.2 Å². The highest BCUT2D eigenvalue weighted by molar-refractivity contribution is 7.89. The molecule has 6 rings (SSSR count). The molecule has 2 aliphatic carbocycles. The molecule has 8 nitrogen and oxygen atoms in total. The lowest BCUT2D eigenvalue weighted by Crippen LogP contribution is -2.43. The first-order valence-corrected chi connectivity index (χ1v) is 19.2. The number of hydrogen-bond donors (Lipinski definition) is 1. The molecule has 1 amide bonds. The number of carbonyl (C=O) groups excluding carboxylic acids is 1. The molecule has 0 aliphatic heterocycles. The normalized spacial score (nSPS) is 14.9. The van der Waals surface area contributed by atoms with Gasteiger partial charge in [-0.1, -0.05) is 51.1 Å². The van der Waals surface area contributed by atoms with Gasteiger partial charge in [0, 0.05) is 6.54 Å². The lowest BCUT2D eigenvalue weighted by atomic mass is 9.84. The summed E-state index contributed by atoms with van der Waals surface area (Å²) in [6.07, 6.45) is -2.12. The topological polar surface area (TPSA) is 104 Å². The fourth-order valence-electron chi connectivity index (χ4n) is 6.12. The molecule has 0 unspecified atom stereocenters. The van der Waals surface area contributed by atoms with Gasteiger partial charge in [0.2, 0.25) is 21.7 Å². The Balaban J connectivity index is 1.49. The van der Waals surface area contributed by atoms with Crippen LogP contribution in [0.2, 0.25) is 0 Å². The van der Waals surface area contributed by atoms with E-state index in [-0.39, 0.29) is 50.9 Å². The van der Waals surface area contributed by atoms with E-state index in [2.05, 4.69) is 0 Å². The summed E-state index contributed by atoms with van der Waals surface area (Å²) in [7, 11) is -5.86. The molecule has 0 aromatic heterocycles. The molecule has 4 aromatic carbocycles. The molecule has 304 valence electrons. The average Bonchev–Trinajstić information content (AvgIpc) is 4.07. The zero-order valence-corrected chi connectivity index (χ0v) is 31.5. The van der Waals surface area contributed by atoms with Crippen molar-refractivity contribution in [1.29, 1.82) is 0 Å². The third-order valence-electron chi connectivity index (χ3n) is 9.61. The summed E-state index contributed by atoms with van der Waals surface area (Å²) in [4.78, 5) is 25.4. The highest BCUT2D eigenvalue weighted by Crippen LogP contribution is 2.43. The fraction of sp³-hybridized carbons (Fsp3) is 0.350. The predicted octanol–water partition coefficient (Wildman–Crippen LogP) is 9.24. The van der Waals surface area contributed by atoms with Gasteiger partial charge in [-0.3, -0.25) is 4.79 Å². The first-order valence-electron chi connectivity index (χ1n) is 17.7. The highest BCUT2D eigenvalue weighted by atomic mass is 32.2. The Bertz CT molecular complexity index is 2310. The average molecular weight is 825 g/mol. The summed E-state index contributed by atoms with van der Waals surface area (Å²) in [5.41, 5.74) is 0.400. The van der Waals surface area contributed by atoms with Gasteiger partial charge in [-0.2, -0.15) is 17.5 Å². The molecule has 17 heteroatoms. The molecule has 0 atom stereocenters.